The van der Waals surface area contributed by atoms with Crippen LogP contribution in [0.5, 0.6) is 0 Å². The summed E-state index contributed by atoms with van der Waals surface area (Å²) in [5.74, 6) is 0.554. The zero-order valence-corrected chi connectivity index (χ0v) is 11.5. The van der Waals surface area contributed by atoms with Crippen LogP contribution in [0.3, 0.4) is 0 Å². The molecule has 0 amide bonds. The van der Waals surface area contributed by atoms with Crippen LogP contribution >= 0.6 is 0 Å². The molecule has 1 aromatic heterocycles. The summed E-state index contributed by atoms with van der Waals surface area (Å²) in [5.41, 5.74) is 5.55. The molecule has 0 bridgehead atoms. The van der Waals surface area contributed by atoms with Crippen molar-refractivity contribution in [2.24, 2.45) is 5.92 Å². The normalized spacial score (nSPS) is 21.6. The maximum absolute atomic E-state index is 12.5. The van der Waals surface area contributed by atoms with Crippen molar-refractivity contribution in [1.82, 2.24) is 9.29 Å². The Bertz CT molecular complexity index is 528. The number of rotatable bonds is 3. The smallest absolute Gasteiger partial charge is 0.243 e. The standard InChI is InChI=1S/C12H19N3O2S/c1-9(2)11-4-3-7-15(11)18(16,17)10-5-6-14-12(13)8-10/h5-6,8-9,11H,3-4,7H2,1-2H3,(H2,13,14). The summed E-state index contributed by atoms with van der Waals surface area (Å²) in [4.78, 5) is 4.07. The van der Waals surface area contributed by atoms with Crippen LogP contribution in [-0.4, -0.2) is 30.3 Å². The van der Waals surface area contributed by atoms with Crippen LogP contribution in [0.4, 0.5) is 5.82 Å². The molecule has 1 atom stereocenters. The molecule has 2 heterocycles. The molecule has 0 saturated carbocycles. The Balaban J connectivity index is 2.37. The number of anilines is 1. The van der Waals surface area contributed by atoms with Crippen molar-refractivity contribution < 1.29 is 8.42 Å². The molecule has 1 saturated heterocycles. The minimum atomic E-state index is -3.44. The van der Waals surface area contributed by atoms with Crippen molar-refractivity contribution in [3.05, 3.63) is 18.3 Å². The lowest BCUT2D eigenvalue weighted by atomic mass is 10.0. The highest BCUT2D eigenvalue weighted by atomic mass is 32.2. The first-order valence-corrected chi connectivity index (χ1v) is 7.60. The van der Waals surface area contributed by atoms with Gasteiger partial charge in [0.05, 0.1) is 4.90 Å². The third kappa shape index (κ3) is 2.35. The third-order valence-electron chi connectivity index (χ3n) is 3.38. The molecule has 0 radical (unpaired) electrons. The molecule has 0 spiro atoms. The Morgan fingerprint density at radius 1 is 1.50 bits per heavy atom. The summed E-state index contributed by atoms with van der Waals surface area (Å²) >= 11 is 0. The first kappa shape index (κ1) is 13.3. The molecule has 1 aliphatic rings. The first-order valence-electron chi connectivity index (χ1n) is 6.16. The van der Waals surface area contributed by atoms with Gasteiger partial charge in [-0.25, -0.2) is 13.4 Å². The van der Waals surface area contributed by atoms with E-state index in [0.717, 1.165) is 12.8 Å². The fourth-order valence-electron chi connectivity index (χ4n) is 2.45. The van der Waals surface area contributed by atoms with Crippen LogP contribution in [-0.2, 0) is 10.0 Å². The number of nitrogens with two attached hydrogens (primary N) is 1. The van der Waals surface area contributed by atoms with Gasteiger partial charge in [-0.2, -0.15) is 4.31 Å². The maximum atomic E-state index is 12.5. The second-order valence-electron chi connectivity index (χ2n) is 4.99. The Kier molecular flexibility index (Phi) is 3.59. The zero-order chi connectivity index (χ0) is 13.3. The van der Waals surface area contributed by atoms with E-state index in [9.17, 15) is 8.42 Å². The lowest BCUT2D eigenvalue weighted by Gasteiger charge is -2.26. The van der Waals surface area contributed by atoms with E-state index in [2.05, 4.69) is 18.8 Å². The van der Waals surface area contributed by atoms with E-state index in [1.54, 1.807) is 4.31 Å². The van der Waals surface area contributed by atoms with Crippen molar-refractivity contribution in [2.75, 3.05) is 12.3 Å². The molecular weight excluding hydrogens is 250 g/mol. The first-order chi connectivity index (χ1) is 8.43. The number of nitrogens with zero attached hydrogens (tertiary/aromatic N) is 2. The van der Waals surface area contributed by atoms with Crippen molar-refractivity contribution in [3.8, 4) is 0 Å². The van der Waals surface area contributed by atoms with Gasteiger partial charge in [0.1, 0.15) is 5.82 Å². The average molecular weight is 269 g/mol. The van der Waals surface area contributed by atoms with Crippen LogP contribution in [0.15, 0.2) is 23.2 Å². The fourth-order valence-corrected chi connectivity index (χ4v) is 4.30. The van der Waals surface area contributed by atoms with Gasteiger partial charge in [0.2, 0.25) is 10.0 Å². The summed E-state index contributed by atoms with van der Waals surface area (Å²) in [6.45, 7) is 4.70. The quantitative estimate of drug-likeness (QED) is 0.901. The molecule has 2 N–H and O–H groups in total. The maximum Gasteiger partial charge on any atom is 0.243 e. The Morgan fingerprint density at radius 3 is 2.83 bits per heavy atom. The SMILES string of the molecule is CC(C)C1CCCN1S(=O)(=O)c1ccnc(N)c1. The molecular formula is C12H19N3O2S. The molecule has 0 aliphatic carbocycles. The highest BCUT2D eigenvalue weighted by molar-refractivity contribution is 7.89. The summed E-state index contributed by atoms with van der Waals surface area (Å²) in [7, 11) is -3.44. The number of sulfonamides is 1. The number of aromatic nitrogens is 1. The average Bonchev–Trinajstić information content (AvgIpc) is 2.78. The molecule has 1 aromatic rings. The topological polar surface area (TPSA) is 76.3 Å². The summed E-state index contributed by atoms with van der Waals surface area (Å²) < 4.78 is 26.7. The lowest BCUT2D eigenvalue weighted by Crippen LogP contribution is -2.38. The van der Waals surface area contributed by atoms with Crippen molar-refractivity contribution >= 4 is 15.8 Å². The van der Waals surface area contributed by atoms with Crippen molar-refractivity contribution in [3.63, 3.8) is 0 Å². The van der Waals surface area contributed by atoms with Gasteiger partial charge in [0, 0.05) is 24.8 Å². The van der Waals surface area contributed by atoms with Crippen LogP contribution < -0.4 is 5.73 Å². The van der Waals surface area contributed by atoms with E-state index in [1.165, 1.54) is 18.3 Å². The van der Waals surface area contributed by atoms with Crippen LogP contribution in [0.2, 0.25) is 0 Å². The summed E-state index contributed by atoms with van der Waals surface area (Å²) in [6, 6.07) is 3.01. The van der Waals surface area contributed by atoms with Gasteiger partial charge in [-0.15, -0.1) is 0 Å². The molecule has 6 heteroatoms. The molecule has 5 nitrogen and oxygen atoms in total. The second-order valence-corrected chi connectivity index (χ2v) is 6.88. The molecule has 1 aliphatic heterocycles. The van der Waals surface area contributed by atoms with Crippen LogP contribution in [0, 0.1) is 5.92 Å². The van der Waals surface area contributed by atoms with Gasteiger partial charge in [0.25, 0.3) is 0 Å². The molecule has 1 fully saturated rings. The fraction of sp³-hybridized carbons (Fsp3) is 0.583. The van der Waals surface area contributed by atoms with Crippen LogP contribution in [0.1, 0.15) is 26.7 Å². The monoisotopic (exact) mass is 269 g/mol. The van der Waals surface area contributed by atoms with Crippen molar-refractivity contribution in [1.29, 1.82) is 0 Å². The zero-order valence-electron chi connectivity index (χ0n) is 10.7. The molecule has 1 unspecified atom stereocenters. The molecule has 0 aromatic carbocycles. The van der Waals surface area contributed by atoms with E-state index in [4.69, 9.17) is 5.73 Å². The molecule has 2 rings (SSSR count). The number of hydrogen-bond acceptors (Lipinski definition) is 4. The Labute approximate surface area is 108 Å². The highest BCUT2D eigenvalue weighted by Crippen LogP contribution is 2.30. The third-order valence-corrected chi connectivity index (χ3v) is 5.30. The summed E-state index contributed by atoms with van der Waals surface area (Å²) in [6.07, 6.45) is 3.28. The number of nitrogen functional groups attached to an aromatic ring is 1. The van der Waals surface area contributed by atoms with Gasteiger partial charge in [0.15, 0.2) is 0 Å². The van der Waals surface area contributed by atoms with E-state index >= 15 is 0 Å². The van der Waals surface area contributed by atoms with Gasteiger partial charge in [-0.3, -0.25) is 0 Å². The predicted molar refractivity (Wildman–Crippen MR) is 70.4 cm³/mol. The van der Waals surface area contributed by atoms with Gasteiger partial charge in [-0.1, -0.05) is 13.8 Å². The van der Waals surface area contributed by atoms with Crippen LogP contribution in [0.25, 0.3) is 0 Å². The Hall–Kier alpha value is -1.14. The highest BCUT2D eigenvalue weighted by Gasteiger charge is 2.36. The Morgan fingerprint density at radius 2 is 2.22 bits per heavy atom. The largest absolute Gasteiger partial charge is 0.384 e. The van der Waals surface area contributed by atoms with Gasteiger partial charge >= 0.3 is 0 Å². The van der Waals surface area contributed by atoms with E-state index in [1.807, 2.05) is 0 Å². The van der Waals surface area contributed by atoms with Crippen molar-refractivity contribution in [2.45, 2.75) is 37.6 Å². The molecule has 100 valence electrons. The number of pyridine rings is 1. The second kappa shape index (κ2) is 4.85. The summed E-state index contributed by atoms with van der Waals surface area (Å²) in [5, 5.41) is 0. The molecule has 18 heavy (non-hydrogen) atoms. The minimum absolute atomic E-state index is 0.0874. The van der Waals surface area contributed by atoms with E-state index in [0.29, 0.717) is 12.5 Å². The number of hydrogen-bond donors (Lipinski definition) is 1. The van der Waals surface area contributed by atoms with Gasteiger partial charge in [-0.05, 0) is 24.8 Å². The van der Waals surface area contributed by atoms with E-state index in [-0.39, 0.29) is 16.8 Å². The predicted octanol–water partition coefficient (Wildman–Crippen LogP) is 1.47. The van der Waals surface area contributed by atoms with Gasteiger partial charge < -0.3 is 5.73 Å². The van der Waals surface area contributed by atoms with E-state index < -0.39 is 10.0 Å². The lowest BCUT2D eigenvalue weighted by molar-refractivity contribution is 0.316. The minimum Gasteiger partial charge on any atom is -0.384 e.